The number of aliphatic hydroxyl groups is 2. The van der Waals surface area contributed by atoms with Crippen LogP contribution in [0.25, 0.3) is 0 Å². The third-order valence-corrected chi connectivity index (χ3v) is 13.5. The van der Waals surface area contributed by atoms with Crippen molar-refractivity contribution in [1.29, 1.82) is 0 Å². The number of nitrogens with zero attached hydrogens (tertiary/aromatic N) is 1. The van der Waals surface area contributed by atoms with Crippen LogP contribution in [0.15, 0.2) is 0 Å². The summed E-state index contributed by atoms with van der Waals surface area (Å²) in [5.74, 6) is 2.19. The Morgan fingerprint density at radius 1 is 1.02 bits per heavy atom. The minimum atomic E-state index is -3.92. The topological polar surface area (TPSA) is 124 Å². The fraction of sp³-hybridized carbons (Fsp3) is 0.969. The van der Waals surface area contributed by atoms with Crippen LogP contribution in [0.2, 0.25) is 0 Å². The lowest BCUT2D eigenvalue weighted by Crippen LogP contribution is -2.61. The van der Waals surface area contributed by atoms with E-state index in [1.165, 1.54) is 25.7 Å². The van der Waals surface area contributed by atoms with Gasteiger partial charge in [0.05, 0.1) is 45.1 Å². The van der Waals surface area contributed by atoms with Crippen LogP contribution in [0.3, 0.4) is 0 Å². The molecular formula is C32H59N2O6S+. The van der Waals surface area contributed by atoms with E-state index in [4.69, 9.17) is 4.55 Å². The number of aliphatic hydroxyl groups excluding tert-OH is 2. The third-order valence-electron chi connectivity index (χ3n) is 12.7. The van der Waals surface area contributed by atoms with Crippen LogP contribution in [0, 0.1) is 46.3 Å². The lowest BCUT2D eigenvalue weighted by atomic mass is 9.43. The summed E-state index contributed by atoms with van der Waals surface area (Å²) >= 11 is 0. The summed E-state index contributed by atoms with van der Waals surface area (Å²) in [7, 11) is 0.142. The molecule has 4 saturated carbocycles. The van der Waals surface area contributed by atoms with E-state index >= 15 is 0 Å². The average molecular weight is 600 g/mol. The molecule has 0 spiro atoms. The Kier molecular flexibility index (Phi) is 10.3. The van der Waals surface area contributed by atoms with Crippen LogP contribution in [-0.4, -0.2) is 85.3 Å². The molecule has 0 aromatic heterocycles. The van der Waals surface area contributed by atoms with Crippen LogP contribution >= 0.6 is 0 Å². The minimum Gasteiger partial charge on any atom is -0.393 e. The van der Waals surface area contributed by atoms with Crippen molar-refractivity contribution >= 4 is 16.0 Å². The van der Waals surface area contributed by atoms with Gasteiger partial charge in [-0.2, -0.15) is 8.42 Å². The number of hydrogen-bond donors (Lipinski definition) is 4. The Hall–Kier alpha value is -0.740. The first-order valence-electron chi connectivity index (χ1n) is 16.5. The van der Waals surface area contributed by atoms with Crippen LogP contribution in [0.4, 0.5) is 0 Å². The van der Waals surface area contributed by atoms with E-state index in [2.05, 4.69) is 26.1 Å². The largest absolute Gasteiger partial charge is 0.393 e. The van der Waals surface area contributed by atoms with Crippen molar-refractivity contribution in [2.75, 3.05) is 39.5 Å². The van der Waals surface area contributed by atoms with E-state index in [1.54, 1.807) is 0 Å². The number of nitrogens with one attached hydrogen (secondary N) is 1. The van der Waals surface area contributed by atoms with Gasteiger partial charge in [0, 0.05) is 25.8 Å². The second-order valence-electron chi connectivity index (χ2n) is 15.6. The SMILES string of the molecule is C[C@H](CCC(=O)NCCC[N+](C)(C)CCCS(=O)(=O)O)[C@@H]1CCC2C3C(O)C[C@@H]4CCCC[C@]4(C)C3C[C@H](O)[C@@]21C. The van der Waals surface area contributed by atoms with Gasteiger partial charge in [0.1, 0.15) is 0 Å². The van der Waals surface area contributed by atoms with Gasteiger partial charge in [-0.05, 0) is 91.3 Å². The Bertz CT molecular complexity index is 1020. The van der Waals surface area contributed by atoms with E-state index in [-0.39, 0.29) is 34.7 Å². The molecule has 4 N–H and O–H groups in total. The second-order valence-corrected chi connectivity index (χ2v) is 17.2. The summed E-state index contributed by atoms with van der Waals surface area (Å²) in [5, 5.41) is 26.3. The van der Waals surface area contributed by atoms with Crippen molar-refractivity contribution in [3.05, 3.63) is 0 Å². The maximum Gasteiger partial charge on any atom is 0.265 e. The van der Waals surface area contributed by atoms with E-state index in [9.17, 15) is 23.4 Å². The molecule has 41 heavy (non-hydrogen) atoms. The molecule has 9 heteroatoms. The monoisotopic (exact) mass is 599 g/mol. The normalized spacial score (nSPS) is 39.9. The number of quaternary nitrogens is 1. The molecular weight excluding hydrogens is 540 g/mol. The van der Waals surface area contributed by atoms with Gasteiger partial charge in [-0.1, -0.05) is 33.6 Å². The molecule has 1 amide bonds. The molecule has 4 aliphatic rings. The van der Waals surface area contributed by atoms with Crippen molar-refractivity contribution in [3.8, 4) is 0 Å². The van der Waals surface area contributed by atoms with Gasteiger partial charge in [0.25, 0.3) is 10.1 Å². The number of carbonyl (C=O) groups excluding carboxylic acids is 1. The van der Waals surface area contributed by atoms with Crippen LogP contribution in [-0.2, 0) is 14.9 Å². The van der Waals surface area contributed by atoms with Crippen molar-refractivity contribution in [2.45, 2.75) is 110 Å². The predicted octanol–water partition coefficient (Wildman–Crippen LogP) is 4.25. The summed E-state index contributed by atoms with van der Waals surface area (Å²) < 4.78 is 31.5. The highest BCUT2D eigenvalue weighted by atomic mass is 32.2. The van der Waals surface area contributed by atoms with E-state index in [0.717, 1.165) is 45.1 Å². The molecule has 10 atom stereocenters. The molecule has 0 saturated heterocycles. The number of hydrogen-bond acceptors (Lipinski definition) is 5. The van der Waals surface area contributed by atoms with Crippen molar-refractivity contribution in [2.24, 2.45) is 46.3 Å². The summed E-state index contributed by atoms with van der Waals surface area (Å²) in [6, 6.07) is 0. The van der Waals surface area contributed by atoms with Crippen molar-refractivity contribution < 1.29 is 32.5 Å². The molecule has 4 unspecified atom stereocenters. The number of rotatable bonds is 12. The first kappa shape index (κ1) is 33.2. The quantitative estimate of drug-likeness (QED) is 0.151. The van der Waals surface area contributed by atoms with E-state index in [1.807, 2.05) is 14.1 Å². The summed E-state index contributed by atoms with van der Waals surface area (Å²) in [6.45, 7) is 9.08. The average Bonchev–Trinajstić information content (AvgIpc) is 3.23. The molecule has 0 aliphatic heterocycles. The maximum absolute atomic E-state index is 12.7. The highest BCUT2D eigenvalue weighted by Gasteiger charge is 2.65. The van der Waals surface area contributed by atoms with Crippen LogP contribution in [0.1, 0.15) is 97.8 Å². The van der Waals surface area contributed by atoms with E-state index < -0.39 is 10.1 Å². The molecule has 4 aliphatic carbocycles. The number of carbonyl (C=O) groups is 1. The first-order valence-corrected chi connectivity index (χ1v) is 18.1. The van der Waals surface area contributed by atoms with Crippen molar-refractivity contribution in [1.82, 2.24) is 5.32 Å². The lowest BCUT2D eigenvalue weighted by Gasteiger charge is -2.63. The zero-order chi connectivity index (χ0) is 30.2. The standard InChI is InChI=1S/C32H58N2O6S/c1-22(11-14-29(37)33-16-8-17-34(4,5)18-9-19-41(38,39)40)24-12-13-25-30-26(21-28(36)32(24,25)3)31(2)15-7-6-10-23(31)20-27(30)35/h22-28,30,35-36H,6-21H2,1-5H3,(H-,33,37,38,39,40)/p+1/t22-,23+,24+,25?,26?,27?,28+,30?,31+,32-/m1/s1. The Morgan fingerprint density at radius 2 is 1.73 bits per heavy atom. The molecule has 0 heterocycles. The van der Waals surface area contributed by atoms with Gasteiger partial charge in [0.15, 0.2) is 0 Å². The Labute approximate surface area is 249 Å². The zero-order valence-electron chi connectivity index (χ0n) is 26.4. The lowest BCUT2D eigenvalue weighted by molar-refractivity contribution is -0.890. The van der Waals surface area contributed by atoms with Crippen LogP contribution in [0.5, 0.6) is 0 Å². The molecule has 0 aromatic carbocycles. The number of fused-ring (bicyclic) bond motifs is 5. The van der Waals surface area contributed by atoms with Gasteiger partial charge in [-0.15, -0.1) is 0 Å². The van der Waals surface area contributed by atoms with E-state index in [0.29, 0.717) is 65.9 Å². The molecule has 4 rings (SSSR count). The minimum absolute atomic E-state index is 0.0662. The van der Waals surface area contributed by atoms with Gasteiger partial charge >= 0.3 is 0 Å². The van der Waals surface area contributed by atoms with Gasteiger partial charge in [-0.25, -0.2) is 0 Å². The molecule has 0 bridgehead atoms. The summed E-state index contributed by atoms with van der Waals surface area (Å²) in [4.78, 5) is 12.7. The Balaban J connectivity index is 1.26. The summed E-state index contributed by atoms with van der Waals surface area (Å²) in [6.07, 6.45) is 10.8. The first-order chi connectivity index (χ1) is 19.1. The van der Waals surface area contributed by atoms with Crippen molar-refractivity contribution in [3.63, 3.8) is 0 Å². The highest BCUT2D eigenvalue weighted by Crippen LogP contribution is 2.68. The number of amides is 1. The van der Waals surface area contributed by atoms with Gasteiger partial charge in [0.2, 0.25) is 5.91 Å². The zero-order valence-corrected chi connectivity index (χ0v) is 27.2. The third kappa shape index (κ3) is 7.16. The smallest absolute Gasteiger partial charge is 0.265 e. The molecule has 238 valence electrons. The predicted molar refractivity (Wildman–Crippen MR) is 162 cm³/mol. The highest BCUT2D eigenvalue weighted by molar-refractivity contribution is 7.85. The molecule has 4 fully saturated rings. The van der Waals surface area contributed by atoms with Gasteiger partial charge in [-0.3, -0.25) is 9.35 Å². The maximum atomic E-state index is 12.7. The fourth-order valence-electron chi connectivity index (χ4n) is 10.4. The summed E-state index contributed by atoms with van der Waals surface area (Å²) in [5.41, 5.74) is 0.0508. The molecule has 0 aromatic rings. The molecule has 8 nitrogen and oxygen atoms in total. The second kappa shape index (κ2) is 12.7. The Morgan fingerprint density at radius 3 is 2.44 bits per heavy atom. The van der Waals surface area contributed by atoms with Gasteiger partial charge < -0.3 is 20.0 Å². The molecule has 0 radical (unpaired) electrons. The fourth-order valence-corrected chi connectivity index (χ4v) is 10.9. The van der Waals surface area contributed by atoms with Crippen LogP contribution < -0.4 is 5.32 Å².